The highest BCUT2D eigenvalue weighted by Gasteiger charge is 2.22. The fourth-order valence-corrected chi connectivity index (χ4v) is 0.903. The number of nitrogens with zero attached hydrogens (tertiary/aromatic N) is 1. The van der Waals surface area contributed by atoms with Gasteiger partial charge < -0.3 is 21.9 Å². The number of carbonyl (C=O) groups is 4. The average Bonchev–Trinajstić information content (AvgIpc) is 2.31. The zero-order chi connectivity index (χ0) is 13.4. The van der Waals surface area contributed by atoms with E-state index in [4.69, 9.17) is 16.6 Å². The second-order valence-corrected chi connectivity index (χ2v) is 2.95. The Labute approximate surface area is 96.7 Å². The van der Waals surface area contributed by atoms with Crippen LogP contribution in [-0.2, 0) is 19.2 Å². The fourth-order valence-electron chi connectivity index (χ4n) is 0.903. The molecule has 9 nitrogen and oxygen atoms in total. The van der Waals surface area contributed by atoms with Crippen molar-refractivity contribution in [1.29, 1.82) is 0 Å². The van der Waals surface area contributed by atoms with Crippen molar-refractivity contribution < 1.29 is 24.3 Å². The van der Waals surface area contributed by atoms with Gasteiger partial charge in [-0.1, -0.05) is 0 Å². The Morgan fingerprint density at radius 1 is 1.06 bits per heavy atom. The van der Waals surface area contributed by atoms with Crippen LogP contribution in [0.15, 0.2) is 0 Å². The molecule has 6 N–H and O–H groups in total. The predicted octanol–water partition coefficient (Wildman–Crippen LogP) is -3.54. The number of nitrogens with two attached hydrogens (primary N) is 2. The lowest BCUT2D eigenvalue weighted by Gasteiger charge is -2.18. The van der Waals surface area contributed by atoms with Crippen LogP contribution in [0.25, 0.3) is 0 Å². The Morgan fingerprint density at radius 2 is 1.65 bits per heavy atom. The summed E-state index contributed by atoms with van der Waals surface area (Å²) in [5, 5.41) is 10.6. The number of imide groups is 1. The van der Waals surface area contributed by atoms with Crippen LogP contribution >= 0.6 is 0 Å². The average molecular weight is 246 g/mol. The van der Waals surface area contributed by atoms with Crippen molar-refractivity contribution in [2.45, 2.75) is 0 Å². The first-order valence-electron chi connectivity index (χ1n) is 4.64. The highest BCUT2D eigenvalue weighted by atomic mass is 16.4. The summed E-state index contributed by atoms with van der Waals surface area (Å²) in [7, 11) is 0. The number of carbonyl (C=O) groups excluding carboxylic acids is 3. The number of hydrogen-bond donors (Lipinski definition) is 4. The SMILES string of the molecule is NCC(=O)NCC(=O)N(CC(=O)O)C(=O)CN. The van der Waals surface area contributed by atoms with E-state index in [9.17, 15) is 19.2 Å². The number of amides is 3. The zero-order valence-electron chi connectivity index (χ0n) is 9.01. The van der Waals surface area contributed by atoms with Crippen LogP contribution in [0.3, 0.4) is 0 Å². The molecule has 0 aromatic heterocycles. The van der Waals surface area contributed by atoms with Crippen molar-refractivity contribution in [3.05, 3.63) is 0 Å². The second-order valence-electron chi connectivity index (χ2n) is 2.95. The molecular formula is C8H14N4O5. The summed E-state index contributed by atoms with van der Waals surface area (Å²) in [6.45, 7) is -2.11. The molecule has 0 atom stereocenters. The van der Waals surface area contributed by atoms with Crippen LogP contribution < -0.4 is 16.8 Å². The Hall–Kier alpha value is -2.00. The molecule has 9 heteroatoms. The van der Waals surface area contributed by atoms with E-state index in [1.165, 1.54) is 0 Å². The van der Waals surface area contributed by atoms with Crippen molar-refractivity contribution >= 4 is 23.7 Å². The quantitative estimate of drug-likeness (QED) is 0.378. The van der Waals surface area contributed by atoms with Gasteiger partial charge in [0.05, 0.1) is 19.6 Å². The standard InChI is InChI=1S/C8H14N4O5/c9-1-5(13)11-3-7(15)12(4-8(16)17)6(14)2-10/h1-4,9-10H2,(H,11,13)(H,16,17). The van der Waals surface area contributed by atoms with Crippen molar-refractivity contribution in [2.75, 3.05) is 26.2 Å². The third-order valence-electron chi connectivity index (χ3n) is 1.69. The lowest BCUT2D eigenvalue weighted by molar-refractivity contribution is -0.151. The zero-order valence-corrected chi connectivity index (χ0v) is 9.01. The van der Waals surface area contributed by atoms with E-state index < -0.39 is 43.3 Å². The molecule has 0 unspecified atom stereocenters. The summed E-state index contributed by atoms with van der Waals surface area (Å²) in [5.74, 6) is -3.64. The molecule has 0 saturated carbocycles. The molecular weight excluding hydrogens is 232 g/mol. The van der Waals surface area contributed by atoms with Crippen molar-refractivity contribution in [2.24, 2.45) is 11.5 Å². The van der Waals surface area contributed by atoms with Gasteiger partial charge in [-0.3, -0.25) is 24.1 Å². The Bertz CT molecular complexity index is 330. The van der Waals surface area contributed by atoms with Gasteiger partial charge in [-0.15, -0.1) is 0 Å². The molecule has 0 radical (unpaired) electrons. The molecule has 0 aromatic carbocycles. The Balaban J connectivity index is 4.47. The summed E-state index contributed by atoms with van der Waals surface area (Å²) in [6, 6.07) is 0. The van der Waals surface area contributed by atoms with Gasteiger partial charge in [0.2, 0.25) is 17.7 Å². The highest BCUT2D eigenvalue weighted by Crippen LogP contribution is 1.90. The number of aliphatic carboxylic acids is 1. The van der Waals surface area contributed by atoms with Crippen molar-refractivity contribution in [3.8, 4) is 0 Å². The van der Waals surface area contributed by atoms with Gasteiger partial charge in [-0.25, -0.2) is 0 Å². The van der Waals surface area contributed by atoms with Crippen LogP contribution in [0.1, 0.15) is 0 Å². The summed E-state index contributed by atoms with van der Waals surface area (Å²) < 4.78 is 0. The first kappa shape index (κ1) is 15.0. The fraction of sp³-hybridized carbons (Fsp3) is 0.500. The van der Waals surface area contributed by atoms with Gasteiger partial charge in [-0.05, 0) is 0 Å². The number of rotatable bonds is 6. The number of nitrogens with one attached hydrogen (secondary N) is 1. The van der Waals surface area contributed by atoms with E-state index >= 15 is 0 Å². The molecule has 0 fully saturated rings. The Kier molecular flexibility index (Phi) is 6.44. The topological polar surface area (TPSA) is 156 Å². The number of hydrogen-bond acceptors (Lipinski definition) is 6. The lowest BCUT2D eigenvalue weighted by Crippen LogP contribution is -2.48. The number of carboxylic acids is 1. The van der Waals surface area contributed by atoms with Gasteiger partial charge in [-0.2, -0.15) is 0 Å². The molecule has 96 valence electrons. The first-order valence-corrected chi connectivity index (χ1v) is 4.64. The third-order valence-corrected chi connectivity index (χ3v) is 1.69. The maximum Gasteiger partial charge on any atom is 0.323 e. The summed E-state index contributed by atoms with van der Waals surface area (Å²) in [4.78, 5) is 44.3. The molecule has 0 aliphatic heterocycles. The molecule has 0 rings (SSSR count). The van der Waals surface area contributed by atoms with Crippen molar-refractivity contribution in [3.63, 3.8) is 0 Å². The van der Waals surface area contributed by atoms with Gasteiger partial charge in [0.15, 0.2) is 0 Å². The Morgan fingerprint density at radius 3 is 2.06 bits per heavy atom. The summed E-state index contributed by atoms with van der Waals surface area (Å²) in [5.41, 5.74) is 10.0. The van der Waals surface area contributed by atoms with Crippen LogP contribution in [0.4, 0.5) is 0 Å². The minimum Gasteiger partial charge on any atom is -0.480 e. The largest absolute Gasteiger partial charge is 0.480 e. The minimum absolute atomic E-state index is 0.308. The van der Waals surface area contributed by atoms with Crippen LogP contribution in [-0.4, -0.2) is 59.9 Å². The smallest absolute Gasteiger partial charge is 0.323 e. The monoisotopic (exact) mass is 246 g/mol. The van der Waals surface area contributed by atoms with Gasteiger partial charge >= 0.3 is 5.97 Å². The van der Waals surface area contributed by atoms with Crippen molar-refractivity contribution in [1.82, 2.24) is 10.2 Å². The van der Waals surface area contributed by atoms with Crippen LogP contribution in [0.5, 0.6) is 0 Å². The van der Waals surface area contributed by atoms with E-state index in [2.05, 4.69) is 5.32 Å². The third kappa shape index (κ3) is 5.58. The molecule has 0 aliphatic rings. The maximum absolute atomic E-state index is 11.4. The predicted molar refractivity (Wildman–Crippen MR) is 55.5 cm³/mol. The van der Waals surface area contributed by atoms with E-state index in [0.717, 1.165) is 0 Å². The molecule has 17 heavy (non-hydrogen) atoms. The first-order chi connectivity index (χ1) is 7.92. The van der Waals surface area contributed by atoms with Gasteiger partial charge in [0.1, 0.15) is 6.54 Å². The highest BCUT2D eigenvalue weighted by molar-refractivity contribution is 6.00. The van der Waals surface area contributed by atoms with E-state index in [0.29, 0.717) is 4.90 Å². The van der Waals surface area contributed by atoms with E-state index in [1.54, 1.807) is 0 Å². The molecule has 0 saturated heterocycles. The van der Waals surface area contributed by atoms with Crippen LogP contribution in [0.2, 0.25) is 0 Å². The maximum atomic E-state index is 11.4. The second kappa shape index (κ2) is 7.30. The number of carboxylic acid groups (broad SMARTS) is 1. The van der Waals surface area contributed by atoms with Crippen LogP contribution in [0, 0.1) is 0 Å². The summed E-state index contributed by atoms with van der Waals surface area (Å²) >= 11 is 0. The van der Waals surface area contributed by atoms with E-state index in [1.807, 2.05) is 0 Å². The normalized spacial score (nSPS) is 9.53. The summed E-state index contributed by atoms with van der Waals surface area (Å²) in [6.07, 6.45) is 0. The van der Waals surface area contributed by atoms with Gasteiger partial charge in [0.25, 0.3) is 0 Å². The minimum atomic E-state index is -1.36. The molecule has 0 aliphatic carbocycles. The van der Waals surface area contributed by atoms with E-state index in [-0.39, 0.29) is 6.54 Å². The molecule has 0 spiro atoms. The molecule has 0 bridgehead atoms. The van der Waals surface area contributed by atoms with Gasteiger partial charge in [0, 0.05) is 0 Å². The molecule has 3 amide bonds. The molecule has 0 heterocycles. The lowest BCUT2D eigenvalue weighted by atomic mass is 10.4. The molecule has 0 aromatic rings.